The summed E-state index contributed by atoms with van der Waals surface area (Å²) in [7, 11) is 0. The lowest BCUT2D eigenvalue weighted by atomic mass is 10.2. The standard InChI is InChI=1S/C17H16Cl2N2O2S/c1-2-23-16-8-5-14(19)9-12(16)10-20-21-17(22)11-24-15-6-3-13(18)4-7-15/h3-10H,2,11H2,1H3,(H,21,22)/b20-10+. The molecule has 0 aromatic heterocycles. The number of nitrogens with one attached hydrogen (secondary N) is 1. The van der Waals surface area contributed by atoms with Gasteiger partial charge in [-0.3, -0.25) is 4.79 Å². The number of hydrogen-bond acceptors (Lipinski definition) is 4. The number of thioether (sulfide) groups is 1. The van der Waals surface area contributed by atoms with Crippen LogP contribution in [0.3, 0.4) is 0 Å². The SMILES string of the molecule is CCOc1ccc(Cl)cc1/C=N/NC(=O)CSc1ccc(Cl)cc1. The van der Waals surface area contributed by atoms with Crippen molar-refractivity contribution >= 4 is 47.1 Å². The summed E-state index contributed by atoms with van der Waals surface area (Å²) in [4.78, 5) is 12.8. The molecule has 0 spiro atoms. The van der Waals surface area contributed by atoms with E-state index < -0.39 is 0 Å². The number of ether oxygens (including phenoxy) is 1. The monoisotopic (exact) mass is 382 g/mol. The third-order valence-corrected chi connectivity index (χ3v) is 4.35. The van der Waals surface area contributed by atoms with E-state index in [9.17, 15) is 4.79 Å². The van der Waals surface area contributed by atoms with Gasteiger partial charge in [0.2, 0.25) is 5.91 Å². The lowest BCUT2D eigenvalue weighted by molar-refractivity contribution is -0.118. The third kappa shape index (κ3) is 6.07. The molecule has 24 heavy (non-hydrogen) atoms. The fraction of sp³-hybridized carbons (Fsp3) is 0.176. The predicted molar refractivity (Wildman–Crippen MR) is 101 cm³/mol. The molecule has 1 amide bonds. The lowest BCUT2D eigenvalue weighted by Gasteiger charge is -2.07. The van der Waals surface area contributed by atoms with Crippen LogP contribution in [0.4, 0.5) is 0 Å². The molecule has 126 valence electrons. The summed E-state index contributed by atoms with van der Waals surface area (Å²) < 4.78 is 5.49. The second kappa shape index (κ2) is 9.57. The molecule has 0 aliphatic rings. The fourth-order valence-electron chi connectivity index (χ4n) is 1.79. The number of rotatable bonds is 7. The zero-order chi connectivity index (χ0) is 17.4. The van der Waals surface area contributed by atoms with Crippen LogP contribution in [0.5, 0.6) is 5.75 Å². The van der Waals surface area contributed by atoms with E-state index in [0.717, 1.165) is 4.90 Å². The van der Waals surface area contributed by atoms with E-state index in [-0.39, 0.29) is 11.7 Å². The molecule has 0 unspecified atom stereocenters. The Hall–Kier alpha value is -1.69. The Bertz CT molecular complexity index is 721. The van der Waals surface area contributed by atoms with E-state index >= 15 is 0 Å². The number of hydrogen-bond donors (Lipinski definition) is 1. The summed E-state index contributed by atoms with van der Waals surface area (Å²) in [5.41, 5.74) is 3.19. The van der Waals surface area contributed by atoms with Crippen LogP contribution in [0.15, 0.2) is 52.5 Å². The van der Waals surface area contributed by atoms with E-state index in [1.807, 2.05) is 19.1 Å². The van der Waals surface area contributed by atoms with Crippen LogP contribution >= 0.6 is 35.0 Å². The van der Waals surface area contributed by atoms with Gasteiger partial charge in [0.05, 0.1) is 18.6 Å². The summed E-state index contributed by atoms with van der Waals surface area (Å²) in [6.07, 6.45) is 1.52. The van der Waals surface area contributed by atoms with E-state index in [1.54, 1.807) is 30.3 Å². The molecule has 4 nitrogen and oxygen atoms in total. The van der Waals surface area contributed by atoms with Crippen molar-refractivity contribution in [3.8, 4) is 5.75 Å². The van der Waals surface area contributed by atoms with E-state index in [2.05, 4.69) is 10.5 Å². The second-order valence-corrected chi connectivity index (χ2v) is 6.57. The zero-order valence-corrected chi connectivity index (χ0v) is 15.3. The molecule has 0 bridgehead atoms. The Balaban J connectivity index is 1.88. The highest BCUT2D eigenvalue weighted by Crippen LogP contribution is 2.22. The summed E-state index contributed by atoms with van der Waals surface area (Å²) in [5.74, 6) is 0.717. The first-order valence-corrected chi connectivity index (χ1v) is 8.95. The van der Waals surface area contributed by atoms with E-state index in [4.69, 9.17) is 27.9 Å². The van der Waals surface area contributed by atoms with Crippen LogP contribution in [0.25, 0.3) is 0 Å². The van der Waals surface area contributed by atoms with Gasteiger partial charge in [0, 0.05) is 20.5 Å². The highest BCUT2D eigenvalue weighted by Gasteiger charge is 2.04. The van der Waals surface area contributed by atoms with Crippen LogP contribution in [0, 0.1) is 0 Å². The Labute approximate surface area is 155 Å². The van der Waals surface area contributed by atoms with Crippen molar-refractivity contribution in [2.24, 2.45) is 5.10 Å². The van der Waals surface area contributed by atoms with E-state index in [0.29, 0.717) is 28.0 Å². The molecule has 2 aromatic carbocycles. The summed E-state index contributed by atoms with van der Waals surface area (Å²) in [6, 6.07) is 12.5. The summed E-state index contributed by atoms with van der Waals surface area (Å²) in [6.45, 7) is 2.43. The van der Waals surface area contributed by atoms with Crippen LogP contribution < -0.4 is 10.2 Å². The Kier molecular flexibility index (Phi) is 7.43. The topological polar surface area (TPSA) is 50.7 Å². The van der Waals surface area contributed by atoms with Crippen LogP contribution in [-0.2, 0) is 4.79 Å². The molecule has 0 aliphatic carbocycles. The average molecular weight is 383 g/mol. The van der Waals surface area contributed by atoms with Crippen molar-refractivity contribution < 1.29 is 9.53 Å². The molecule has 0 fully saturated rings. The van der Waals surface area contributed by atoms with Gasteiger partial charge in [-0.1, -0.05) is 23.2 Å². The normalized spacial score (nSPS) is 10.8. The maximum Gasteiger partial charge on any atom is 0.250 e. The van der Waals surface area contributed by atoms with Gasteiger partial charge < -0.3 is 4.74 Å². The quantitative estimate of drug-likeness (QED) is 0.431. The van der Waals surface area contributed by atoms with Gasteiger partial charge in [-0.25, -0.2) is 5.43 Å². The van der Waals surface area contributed by atoms with Crippen LogP contribution in [0.1, 0.15) is 12.5 Å². The van der Waals surface area contributed by atoms with Gasteiger partial charge in [0.25, 0.3) is 0 Å². The number of carbonyl (C=O) groups is 1. The first-order chi connectivity index (χ1) is 11.6. The molecule has 7 heteroatoms. The minimum atomic E-state index is -0.203. The molecule has 0 saturated heterocycles. The number of benzene rings is 2. The second-order valence-electron chi connectivity index (χ2n) is 4.65. The Morgan fingerprint density at radius 3 is 2.62 bits per heavy atom. The molecule has 0 aliphatic heterocycles. The smallest absolute Gasteiger partial charge is 0.250 e. The number of nitrogens with zero attached hydrogens (tertiary/aromatic N) is 1. The molecular formula is C17H16Cl2N2O2S. The lowest BCUT2D eigenvalue weighted by Crippen LogP contribution is -2.19. The molecule has 2 aromatic rings. The van der Waals surface area contributed by atoms with Crippen molar-refractivity contribution in [1.82, 2.24) is 5.43 Å². The number of halogens is 2. The van der Waals surface area contributed by atoms with Crippen molar-refractivity contribution in [2.75, 3.05) is 12.4 Å². The Morgan fingerprint density at radius 2 is 1.92 bits per heavy atom. The largest absolute Gasteiger partial charge is 0.493 e. The van der Waals surface area contributed by atoms with Crippen LogP contribution in [0.2, 0.25) is 10.0 Å². The van der Waals surface area contributed by atoms with Crippen LogP contribution in [-0.4, -0.2) is 24.5 Å². The summed E-state index contributed by atoms with van der Waals surface area (Å²) >= 11 is 13.2. The summed E-state index contributed by atoms with van der Waals surface area (Å²) in [5, 5.41) is 5.19. The predicted octanol–water partition coefficient (Wildman–Crippen LogP) is 4.63. The number of amides is 1. The van der Waals surface area contributed by atoms with Gasteiger partial charge in [0.1, 0.15) is 5.75 Å². The maximum absolute atomic E-state index is 11.8. The molecule has 0 radical (unpaired) electrons. The van der Waals surface area contributed by atoms with Gasteiger partial charge >= 0.3 is 0 Å². The van der Waals surface area contributed by atoms with Gasteiger partial charge in [-0.15, -0.1) is 11.8 Å². The number of hydrazone groups is 1. The third-order valence-electron chi connectivity index (χ3n) is 2.85. The Morgan fingerprint density at radius 1 is 1.21 bits per heavy atom. The van der Waals surface area contributed by atoms with E-state index in [1.165, 1.54) is 18.0 Å². The minimum absolute atomic E-state index is 0.203. The zero-order valence-electron chi connectivity index (χ0n) is 13.0. The molecule has 0 atom stereocenters. The minimum Gasteiger partial charge on any atom is -0.493 e. The van der Waals surface area contributed by atoms with Crippen molar-refractivity contribution in [2.45, 2.75) is 11.8 Å². The maximum atomic E-state index is 11.8. The van der Waals surface area contributed by atoms with Crippen molar-refractivity contribution in [1.29, 1.82) is 0 Å². The van der Waals surface area contributed by atoms with Crippen molar-refractivity contribution in [3.63, 3.8) is 0 Å². The first-order valence-electron chi connectivity index (χ1n) is 7.21. The van der Waals surface area contributed by atoms with Gasteiger partial charge in [-0.2, -0.15) is 5.10 Å². The average Bonchev–Trinajstić information content (AvgIpc) is 2.57. The highest BCUT2D eigenvalue weighted by molar-refractivity contribution is 8.00. The van der Waals surface area contributed by atoms with Gasteiger partial charge in [0.15, 0.2) is 0 Å². The molecule has 0 heterocycles. The van der Waals surface area contributed by atoms with Gasteiger partial charge in [-0.05, 0) is 49.4 Å². The fourth-order valence-corrected chi connectivity index (χ4v) is 2.79. The molecular weight excluding hydrogens is 367 g/mol. The molecule has 0 saturated carbocycles. The molecule has 2 rings (SSSR count). The van der Waals surface area contributed by atoms with Crippen molar-refractivity contribution in [3.05, 3.63) is 58.1 Å². The highest BCUT2D eigenvalue weighted by atomic mass is 35.5. The molecule has 1 N–H and O–H groups in total. The first kappa shape index (κ1) is 18.6. The number of carbonyl (C=O) groups excluding carboxylic acids is 1.